The van der Waals surface area contributed by atoms with E-state index in [9.17, 15) is 18.0 Å². The van der Waals surface area contributed by atoms with E-state index in [2.05, 4.69) is 11.3 Å². The van der Waals surface area contributed by atoms with Gasteiger partial charge in [-0.25, -0.2) is 0 Å². The van der Waals surface area contributed by atoms with Gasteiger partial charge in [0.05, 0.1) is 5.57 Å². The Labute approximate surface area is 129 Å². The number of allylic oxidation sites excluding steroid dienone is 2. The Hall–Kier alpha value is -1.76. The fourth-order valence-corrected chi connectivity index (χ4v) is 1.97. The first-order valence-corrected chi connectivity index (χ1v) is 6.81. The Balaban J connectivity index is 5.72. The average molecular weight is 320 g/mol. The van der Waals surface area contributed by atoms with Crippen LogP contribution in [0.3, 0.4) is 0 Å². The van der Waals surface area contributed by atoms with E-state index in [-0.39, 0.29) is 24.1 Å². The number of nitrogens with two attached hydrogens (primary N) is 1. The summed E-state index contributed by atoms with van der Waals surface area (Å²) in [6.07, 6.45) is -1.43. The third-order valence-corrected chi connectivity index (χ3v) is 3.07. The van der Waals surface area contributed by atoms with Gasteiger partial charge in [0.1, 0.15) is 5.76 Å². The van der Waals surface area contributed by atoms with Crippen LogP contribution in [-0.2, 0) is 9.53 Å². The molecule has 0 aromatic rings. The largest absolute Gasteiger partial charge is 0.573 e. The molecule has 0 radical (unpaired) electrons. The standard InChI is InChI=1S/C15H23F3N2O2/c1-6-8-13(22-15(16,17)18)11(7-2)14(21)20(5)12(9-19)10(3)4/h6-8,10,12H,2,9,19H2,1,3-5H3/b8-6-,13-11-. The van der Waals surface area contributed by atoms with E-state index in [1.165, 1.54) is 24.9 Å². The van der Waals surface area contributed by atoms with Crippen LogP contribution in [0.25, 0.3) is 0 Å². The molecule has 0 saturated heterocycles. The first-order chi connectivity index (χ1) is 10.1. The van der Waals surface area contributed by atoms with Crippen molar-refractivity contribution in [2.45, 2.75) is 33.2 Å². The molecule has 0 rings (SSSR count). The van der Waals surface area contributed by atoms with Gasteiger partial charge in [-0.05, 0) is 18.9 Å². The summed E-state index contributed by atoms with van der Waals surface area (Å²) < 4.78 is 41.3. The topological polar surface area (TPSA) is 55.6 Å². The number of hydrogen-bond acceptors (Lipinski definition) is 3. The highest BCUT2D eigenvalue weighted by atomic mass is 19.4. The normalized spacial score (nSPS) is 14.8. The molecular weight excluding hydrogens is 297 g/mol. The van der Waals surface area contributed by atoms with E-state index in [1.807, 2.05) is 13.8 Å². The van der Waals surface area contributed by atoms with Gasteiger partial charge in [0.25, 0.3) is 5.91 Å². The van der Waals surface area contributed by atoms with Crippen molar-refractivity contribution < 1.29 is 22.7 Å². The van der Waals surface area contributed by atoms with Gasteiger partial charge in [0, 0.05) is 19.6 Å². The first-order valence-electron chi connectivity index (χ1n) is 6.81. The minimum Gasteiger partial charge on any atom is -0.405 e. The van der Waals surface area contributed by atoms with Gasteiger partial charge in [0.15, 0.2) is 0 Å². The lowest BCUT2D eigenvalue weighted by Gasteiger charge is -2.31. The Bertz CT molecular complexity index is 454. The summed E-state index contributed by atoms with van der Waals surface area (Å²) >= 11 is 0. The summed E-state index contributed by atoms with van der Waals surface area (Å²) in [5, 5.41) is 0. The number of likely N-dealkylation sites (N-methyl/N-ethyl adjacent to an activating group) is 1. The molecule has 126 valence electrons. The number of hydrogen-bond donors (Lipinski definition) is 1. The highest BCUT2D eigenvalue weighted by molar-refractivity contribution is 5.97. The van der Waals surface area contributed by atoms with Crippen LogP contribution in [0.5, 0.6) is 0 Å². The number of carbonyl (C=O) groups excluding carboxylic acids is 1. The number of alkyl halides is 3. The van der Waals surface area contributed by atoms with Crippen molar-refractivity contribution in [2.24, 2.45) is 11.7 Å². The molecule has 4 nitrogen and oxygen atoms in total. The molecule has 0 spiro atoms. The number of amides is 1. The van der Waals surface area contributed by atoms with Crippen molar-refractivity contribution in [3.8, 4) is 0 Å². The Kier molecular flexibility index (Phi) is 7.94. The van der Waals surface area contributed by atoms with Crippen LogP contribution in [0, 0.1) is 5.92 Å². The Morgan fingerprint density at radius 3 is 2.27 bits per heavy atom. The van der Waals surface area contributed by atoms with Gasteiger partial charge in [-0.15, -0.1) is 13.2 Å². The number of halogens is 3. The van der Waals surface area contributed by atoms with Crippen molar-refractivity contribution in [1.29, 1.82) is 0 Å². The molecule has 0 heterocycles. The van der Waals surface area contributed by atoms with Gasteiger partial charge >= 0.3 is 6.36 Å². The van der Waals surface area contributed by atoms with Crippen LogP contribution < -0.4 is 5.73 Å². The highest BCUT2D eigenvalue weighted by Gasteiger charge is 2.34. The zero-order valence-corrected chi connectivity index (χ0v) is 13.3. The van der Waals surface area contributed by atoms with E-state index in [0.717, 1.165) is 12.2 Å². The third kappa shape index (κ3) is 5.93. The Morgan fingerprint density at radius 2 is 1.95 bits per heavy atom. The highest BCUT2D eigenvalue weighted by Crippen LogP contribution is 2.25. The van der Waals surface area contributed by atoms with Crippen LogP contribution in [-0.4, -0.2) is 36.8 Å². The lowest BCUT2D eigenvalue weighted by Crippen LogP contribution is -2.45. The number of ether oxygens (including phenoxy) is 1. The second kappa shape index (κ2) is 8.63. The number of carbonyl (C=O) groups is 1. The molecule has 0 aliphatic carbocycles. The van der Waals surface area contributed by atoms with Crippen molar-refractivity contribution >= 4 is 5.91 Å². The van der Waals surface area contributed by atoms with Crippen molar-refractivity contribution in [3.05, 3.63) is 36.1 Å². The quantitative estimate of drug-likeness (QED) is 0.446. The van der Waals surface area contributed by atoms with Crippen LogP contribution in [0.2, 0.25) is 0 Å². The Morgan fingerprint density at radius 1 is 1.41 bits per heavy atom. The second-order valence-corrected chi connectivity index (χ2v) is 4.99. The van der Waals surface area contributed by atoms with E-state index in [4.69, 9.17) is 5.73 Å². The smallest absolute Gasteiger partial charge is 0.405 e. The summed E-state index contributed by atoms with van der Waals surface area (Å²) in [7, 11) is 1.49. The molecule has 0 aliphatic heterocycles. The molecule has 7 heteroatoms. The van der Waals surface area contributed by atoms with Gasteiger partial charge in [-0.2, -0.15) is 0 Å². The lowest BCUT2D eigenvalue weighted by atomic mass is 10.0. The van der Waals surface area contributed by atoms with Crippen LogP contribution in [0.4, 0.5) is 13.2 Å². The molecule has 0 saturated carbocycles. The van der Waals surface area contributed by atoms with Gasteiger partial charge in [-0.3, -0.25) is 4.79 Å². The maximum atomic E-state index is 12.5. The van der Waals surface area contributed by atoms with Crippen LogP contribution in [0.1, 0.15) is 20.8 Å². The maximum Gasteiger partial charge on any atom is 0.573 e. The van der Waals surface area contributed by atoms with Gasteiger partial charge < -0.3 is 15.4 Å². The van der Waals surface area contributed by atoms with E-state index >= 15 is 0 Å². The molecule has 0 aromatic heterocycles. The molecule has 22 heavy (non-hydrogen) atoms. The molecular formula is C15H23F3N2O2. The minimum atomic E-state index is -4.90. The fourth-order valence-electron chi connectivity index (χ4n) is 1.97. The van der Waals surface area contributed by atoms with E-state index in [0.29, 0.717) is 0 Å². The third-order valence-electron chi connectivity index (χ3n) is 3.07. The fraction of sp³-hybridized carbons (Fsp3) is 0.533. The molecule has 0 bridgehead atoms. The van der Waals surface area contributed by atoms with Crippen molar-refractivity contribution in [2.75, 3.05) is 13.6 Å². The summed E-state index contributed by atoms with van der Waals surface area (Å²) in [5.74, 6) is -1.17. The number of rotatable bonds is 7. The first kappa shape index (κ1) is 20.2. The molecule has 1 amide bonds. The predicted molar refractivity (Wildman–Crippen MR) is 79.6 cm³/mol. The summed E-state index contributed by atoms with van der Waals surface area (Å²) in [6, 6.07) is -0.305. The second-order valence-electron chi connectivity index (χ2n) is 4.99. The summed E-state index contributed by atoms with van der Waals surface area (Å²) in [4.78, 5) is 13.8. The number of nitrogens with zero attached hydrogens (tertiary/aromatic N) is 1. The monoisotopic (exact) mass is 320 g/mol. The minimum absolute atomic E-state index is 0.0544. The molecule has 0 aliphatic rings. The summed E-state index contributed by atoms with van der Waals surface area (Å²) in [5.41, 5.74) is 5.36. The maximum absolute atomic E-state index is 12.5. The van der Waals surface area contributed by atoms with Crippen molar-refractivity contribution in [1.82, 2.24) is 4.90 Å². The molecule has 2 N–H and O–H groups in total. The molecule has 1 unspecified atom stereocenters. The summed E-state index contributed by atoms with van der Waals surface area (Å²) in [6.45, 7) is 8.87. The molecule has 1 atom stereocenters. The molecule has 0 aromatic carbocycles. The van der Waals surface area contributed by atoms with Gasteiger partial charge in [0.2, 0.25) is 0 Å². The van der Waals surface area contributed by atoms with E-state index < -0.39 is 18.0 Å². The SMILES string of the molecule is C=C/C(C(=O)N(C)C(CN)C(C)C)=C(\C=C/C)OC(F)(F)F. The van der Waals surface area contributed by atoms with Crippen molar-refractivity contribution in [3.63, 3.8) is 0 Å². The van der Waals surface area contributed by atoms with Crippen LogP contribution in [0.15, 0.2) is 36.1 Å². The molecule has 0 fully saturated rings. The zero-order valence-electron chi connectivity index (χ0n) is 13.3. The van der Waals surface area contributed by atoms with Gasteiger partial charge in [-0.1, -0.05) is 32.6 Å². The predicted octanol–water partition coefficient (Wildman–Crippen LogP) is 2.98. The zero-order chi connectivity index (χ0) is 17.5. The van der Waals surface area contributed by atoms with Crippen LogP contribution >= 0.6 is 0 Å². The van der Waals surface area contributed by atoms with E-state index in [1.54, 1.807) is 0 Å². The lowest BCUT2D eigenvalue weighted by molar-refractivity contribution is -0.303. The average Bonchev–Trinajstić information content (AvgIpc) is 2.37.